The van der Waals surface area contributed by atoms with E-state index in [9.17, 15) is 21.6 Å². The molecule has 0 saturated heterocycles. The number of para-hydroxylation sites is 1. The van der Waals surface area contributed by atoms with Crippen molar-refractivity contribution in [2.45, 2.75) is 13.3 Å². The highest BCUT2D eigenvalue weighted by Gasteiger charge is 2.34. The molecule has 0 heterocycles. The van der Waals surface area contributed by atoms with Crippen LogP contribution < -0.4 is 9.79 Å². The zero-order valence-electron chi connectivity index (χ0n) is 10.7. The summed E-state index contributed by atoms with van der Waals surface area (Å²) < 4.78 is 62.1. The van der Waals surface area contributed by atoms with E-state index in [2.05, 4.69) is 9.56 Å². The molecule has 20 heavy (non-hydrogen) atoms. The molecule has 0 aliphatic carbocycles. The molecule has 0 amide bonds. The smallest absolute Gasteiger partial charge is 0.245 e. The molecule has 0 bridgehead atoms. The van der Waals surface area contributed by atoms with Gasteiger partial charge in [-0.3, -0.25) is 0 Å². The highest BCUT2D eigenvalue weighted by molar-refractivity contribution is 7.89. The Morgan fingerprint density at radius 2 is 1.85 bits per heavy atom. The maximum absolute atomic E-state index is 12.3. The lowest BCUT2D eigenvalue weighted by molar-refractivity contribution is -0.330. The van der Waals surface area contributed by atoms with Gasteiger partial charge in [0, 0.05) is 6.54 Å². The van der Waals surface area contributed by atoms with E-state index in [1.807, 2.05) is 0 Å². The third-order valence-electron chi connectivity index (χ3n) is 2.19. The lowest BCUT2D eigenvalue weighted by Gasteiger charge is -2.24. The average molecular weight is 312 g/mol. The van der Waals surface area contributed by atoms with Crippen molar-refractivity contribution in [2.75, 3.05) is 23.9 Å². The van der Waals surface area contributed by atoms with E-state index >= 15 is 0 Å². The number of hydroxylamine groups is 1. The largest absolute Gasteiger partial charge is 0.544 e. The Kier molecular flexibility index (Phi) is 5.78. The van der Waals surface area contributed by atoms with Gasteiger partial charge in [0.25, 0.3) is 0 Å². The van der Waals surface area contributed by atoms with E-state index < -0.39 is 28.7 Å². The Morgan fingerprint density at radius 1 is 1.25 bits per heavy atom. The van der Waals surface area contributed by atoms with E-state index in [-0.39, 0.29) is 12.2 Å². The molecule has 0 aliphatic rings. The molecule has 0 atom stereocenters. The molecule has 1 N–H and O–H groups in total. The minimum atomic E-state index is -4.89. The van der Waals surface area contributed by atoms with E-state index in [1.54, 1.807) is 13.0 Å². The van der Waals surface area contributed by atoms with Crippen molar-refractivity contribution in [3.8, 4) is 0 Å². The number of anilines is 1. The van der Waals surface area contributed by atoms with Gasteiger partial charge in [-0.1, -0.05) is 25.1 Å². The zero-order chi connectivity index (χ0) is 15.2. The summed E-state index contributed by atoms with van der Waals surface area (Å²) in [6.45, 7) is 1.31. The molecule has 0 aromatic heterocycles. The maximum Gasteiger partial charge on any atom is 0.544 e. The van der Waals surface area contributed by atoms with Crippen molar-refractivity contribution >= 4 is 15.7 Å². The van der Waals surface area contributed by atoms with Crippen molar-refractivity contribution in [1.29, 1.82) is 0 Å². The fourth-order valence-electron chi connectivity index (χ4n) is 1.44. The Labute approximate surface area is 115 Å². The minimum Gasteiger partial charge on any atom is -0.245 e. The third-order valence-corrected chi connectivity index (χ3v) is 3.63. The summed E-state index contributed by atoms with van der Waals surface area (Å²) in [7, 11) is -3.63. The van der Waals surface area contributed by atoms with Gasteiger partial charge in [-0.15, -0.1) is 13.2 Å². The molecule has 9 heteroatoms. The van der Waals surface area contributed by atoms with Gasteiger partial charge in [-0.05, 0) is 12.1 Å². The normalized spacial score (nSPS) is 12.4. The molecule has 0 aliphatic heterocycles. The summed E-state index contributed by atoms with van der Waals surface area (Å²) in [6, 6.07) is 7.48. The summed E-state index contributed by atoms with van der Waals surface area (Å²) in [5.41, 5.74) is 0.122. The van der Waals surface area contributed by atoms with E-state index in [0.29, 0.717) is 5.06 Å². The molecule has 0 fully saturated rings. The first-order valence-corrected chi connectivity index (χ1v) is 7.44. The van der Waals surface area contributed by atoms with Crippen LogP contribution in [0.1, 0.15) is 6.92 Å². The van der Waals surface area contributed by atoms with Gasteiger partial charge in [0.1, 0.15) is 0 Å². The van der Waals surface area contributed by atoms with Crippen LogP contribution in [0.15, 0.2) is 30.3 Å². The number of halogens is 3. The molecule has 0 saturated carbocycles. The maximum atomic E-state index is 12.3. The second-order valence-corrected chi connectivity index (χ2v) is 5.72. The minimum absolute atomic E-state index is 0.122. The van der Waals surface area contributed by atoms with Crippen molar-refractivity contribution in [1.82, 2.24) is 4.72 Å². The van der Waals surface area contributed by atoms with Crippen LogP contribution in [-0.4, -0.2) is 33.6 Å². The first kappa shape index (κ1) is 16.7. The molecular weight excluding hydrogens is 297 g/mol. The first-order chi connectivity index (χ1) is 9.23. The molecule has 1 aromatic carbocycles. The van der Waals surface area contributed by atoms with Gasteiger partial charge in [-0.2, -0.15) is 4.84 Å². The fraction of sp³-hybridized carbons (Fsp3) is 0.455. The summed E-state index contributed by atoms with van der Waals surface area (Å²) in [5, 5.41) is 0.509. The van der Waals surface area contributed by atoms with Crippen LogP contribution in [0.3, 0.4) is 0 Å². The second-order valence-electron chi connectivity index (χ2n) is 3.79. The predicted molar refractivity (Wildman–Crippen MR) is 68.4 cm³/mol. The van der Waals surface area contributed by atoms with Crippen LogP contribution in [-0.2, 0) is 14.9 Å². The number of benzene rings is 1. The van der Waals surface area contributed by atoms with Crippen molar-refractivity contribution in [2.24, 2.45) is 0 Å². The van der Waals surface area contributed by atoms with Crippen LogP contribution in [0.2, 0.25) is 0 Å². The molecule has 5 nitrogen and oxygen atoms in total. The molecule has 0 radical (unpaired) electrons. The Morgan fingerprint density at radius 3 is 2.35 bits per heavy atom. The molecule has 0 unspecified atom stereocenters. The number of rotatable bonds is 7. The van der Waals surface area contributed by atoms with Gasteiger partial charge in [0.05, 0.1) is 18.0 Å². The molecule has 1 rings (SSSR count). The standard InChI is InChI=1S/C11H15F3N2O3S/c1-2-15-20(17,18)9-8-16(19-11(12,13)14)10-6-4-3-5-7-10/h3-7,15H,2,8-9H2,1H3. The van der Waals surface area contributed by atoms with Crippen LogP contribution >= 0.6 is 0 Å². The molecular formula is C11H15F3N2O3S. The lowest BCUT2D eigenvalue weighted by Crippen LogP contribution is -2.38. The average Bonchev–Trinajstić information content (AvgIpc) is 2.34. The molecule has 0 spiro atoms. The molecule has 1 aromatic rings. The summed E-state index contributed by atoms with van der Waals surface area (Å²) >= 11 is 0. The highest BCUT2D eigenvalue weighted by Crippen LogP contribution is 2.23. The second kappa shape index (κ2) is 6.91. The summed E-state index contributed by atoms with van der Waals surface area (Å²) in [6.07, 6.45) is -4.89. The molecule has 114 valence electrons. The number of hydrogen-bond acceptors (Lipinski definition) is 4. The first-order valence-electron chi connectivity index (χ1n) is 5.79. The SMILES string of the molecule is CCNS(=O)(=O)CCN(OC(F)(F)F)c1ccccc1. The third kappa shape index (κ3) is 6.22. The van der Waals surface area contributed by atoms with Gasteiger partial charge in [-0.25, -0.2) is 18.2 Å². The van der Waals surface area contributed by atoms with Crippen LogP contribution in [0.4, 0.5) is 18.9 Å². The zero-order valence-corrected chi connectivity index (χ0v) is 11.5. The van der Waals surface area contributed by atoms with Gasteiger partial charge < -0.3 is 0 Å². The van der Waals surface area contributed by atoms with E-state index in [0.717, 1.165) is 0 Å². The lowest BCUT2D eigenvalue weighted by atomic mass is 10.3. The topological polar surface area (TPSA) is 58.6 Å². The number of hydrogen-bond donors (Lipinski definition) is 1. The number of sulfonamides is 1. The number of alkyl halides is 3. The predicted octanol–water partition coefficient (Wildman–Crippen LogP) is 1.88. The quantitative estimate of drug-likeness (QED) is 0.781. The highest BCUT2D eigenvalue weighted by atomic mass is 32.2. The van der Waals surface area contributed by atoms with Gasteiger partial charge >= 0.3 is 6.36 Å². The van der Waals surface area contributed by atoms with Gasteiger partial charge in [0.2, 0.25) is 10.0 Å². The Balaban J connectivity index is 2.79. The van der Waals surface area contributed by atoms with Crippen molar-refractivity contribution < 1.29 is 26.4 Å². The van der Waals surface area contributed by atoms with Crippen LogP contribution in [0.25, 0.3) is 0 Å². The van der Waals surface area contributed by atoms with Crippen molar-refractivity contribution in [3.63, 3.8) is 0 Å². The summed E-state index contributed by atoms with van der Waals surface area (Å²) in [5.74, 6) is -0.508. The monoisotopic (exact) mass is 312 g/mol. The van der Waals surface area contributed by atoms with Gasteiger partial charge in [0.15, 0.2) is 0 Å². The van der Waals surface area contributed by atoms with E-state index in [4.69, 9.17) is 0 Å². The fourth-order valence-corrected chi connectivity index (χ4v) is 2.43. The number of nitrogens with one attached hydrogen (secondary N) is 1. The van der Waals surface area contributed by atoms with E-state index in [1.165, 1.54) is 24.3 Å². The Bertz CT molecular complexity index is 505. The van der Waals surface area contributed by atoms with Crippen molar-refractivity contribution in [3.05, 3.63) is 30.3 Å². The van der Waals surface area contributed by atoms with Crippen LogP contribution in [0, 0.1) is 0 Å². The summed E-state index contributed by atoms with van der Waals surface area (Å²) in [4.78, 5) is 3.84. The Hall–Kier alpha value is -1.32. The number of nitrogens with zero attached hydrogens (tertiary/aromatic N) is 1. The van der Waals surface area contributed by atoms with Crippen LogP contribution in [0.5, 0.6) is 0 Å².